The fourth-order valence-corrected chi connectivity index (χ4v) is 4.10. The van der Waals surface area contributed by atoms with Crippen LogP contribution >= 0.6 is 11.3 Å². The number of unbranched alkanes of at least 4 members (excludes halogenated alkanes) is 1. The van der Waals surface area contributed by atoms with E-state index in [0.29, 0.717) is 25.1 Å². The second-order valence-corrected chi connectivity index (χ2v) is 8.30. The van der Waals surface area contributed by atoms with Gasteiger partial charge in [0, 0.05) is 29.5 Å². The molecule has 0 aliphatic heterocycles. The molecule has 160 valence electrons. The van der Waals surface area contributed by atoms with Crippen molar-refractivity contribution in [2.24, 2.45) is 0 Å². The van der Waals surface area contributed by atoms with Gasteiger partial charge < -0.3 is 10.1 Å². The molecule has 4 aromatic rings. The van der Waals surface area contributed by atoms with E-state index in [0.717, 1.165) is 40.6 Å². The number of nitrogens with zero attached hydrogens (tertiary/aromatic N) is 3. The van der Waals surface area contributed by atoms with Crippen molar-refractivity contribution in [1.29, 1.82) is 0 Å². The summed E-state index contributed by atoms with van der Waals surface area (Å²) in [4.78, 5) is 17.9. The van der Waals surface area contributed by atoms with Gasteiger partial charge in [0.15, 0.2) is 5.82 Å². The Morgan fingerprint density at radius 1 is 1.19 bits per heavy atom. The molecular weight excluding hydrogens is 408 g/mol. The molecule has 0 unspecified atom stereocenters. The van der Waals surface area contributed by atoms with Crippen molar-refractivity contribution in [2.45, 2.75) is 33.1 Å². The van der Waals surface area contributed by atoms with Gasteiger partial charge in [0.1, 0.15) is 5.75 Å². The highest BCUT2D eigenvalue weighted by Crippen LogP contribution is 2.21. The number of ether oxygens (including phenoxy) is 1. The lowest BCUT2D eigenvalue weighted by atomic mass is 10.1. The van der Waals surface area contributed by atoms with Gasteiger partial charge in [-0.2, -0.15) is 4.98 Å². The van der Waals surface area contributed by atoms with E-state index in [4.69, 9.17) is 4.74 Å². The first kappa shape index (κ1) is 21.1. The van der Waals surface area contributed by atoms with Gasteiger partial charge in [-0.3, -0.25) is 4.79 Å². The Balaban J connectivity index is 1.34. The van der Waals surface area contributed by atoms with Crippen LogP contribution in [-0.2, 0) is 6.42 Å². The molecule has 2 heterocycles. The second kappa shape index (κ2) is 9.75. The van der Waals surface area contributed by atoms with Crippen LogP contribution in [-0.4, -0.2) is 33.7 Å². The molecule has 31 heavy (non-hydrogen) atoms. The van der Waals surface area contributed by atoms with Crippen LogP contribution in [0.4, 0.5) is 0 Å². The van der Waals surface area contributed by atoms with Crippen LogP contribution in [0.15, 0.2) is 53.9 Å². The zero-order valence-corrected chi connectivity index (χ0v) is 18.6. The lowest BCUT2D eigenvalue weighted by Gasteiger charge is -2.07. The first-order chi connectivity index (χ1) is 15.1. The molecule has 4 rings (SSSR count). The van der Waals surface area contributed by atoms with E-state index in [-0.39, 0.29) is 5.91 Å². The van der Waals surface area contributed by atoms with Crippen molar-refractivity contribution in [2.75, 3.05) is 13.2 Å². The standard InChI is InChI=1S/C24H26N4O2S/c1-3-4-14-30-21-10-8-18(9-11-21)23(29)25-13-12-20-16-31-24-26-22(27-28(20)24)19-7-5-6-17(2)15-19/h5-11,15-16H,3-4,12-14H2,1-2H3,(H,25,29). The van der Waals surface area contributed by atoms with Gasteiger partial charge >= 0.3 is 0 Å². The number of aromatic nitrogens is 3. The molecule has 6 nitrogen and oxygen atoms in total. The number of hydrogen-bond acceptors (Lipinski definition) is 5. The highest BCUT2D eigenvalue weighted by Gasteiger charge is 2.12. The molecule has 0 aliphatic carbocycles. The number of hydrogen-bond donors (Lipinski definition) is 1. The van der Waals surface area contributed by atoms with Crippen LogP contribution in [0.25, 0.3) is 16.3 Å². The fraction of sp³-hybridized carbons (Fsp3) is 0.292. The number of carbonyl (C=O) groups is 1. The molecule has 7 heteroatoms. The highest BCUT2D eigenvalue weighted by atomic mass is 32.1. The first-order valence-electron chi connectivity index (χ1n) is 10.6. The van der Waals surface area contributed by atoms with Crippen LogP contribution in [0, 0.1) is 6.92 Å². The van der Waals surface area contributed by atoms with Crippen molar-refractivity contribution in [1.82, 2.24) is 19.9 Å². The van der Waals surface area contributed by atoms with Gasteiger partial charge in [-0.05, 0) is 43.7 Å². The molecule has 0 spiro atoms. The number of aryl methyl sites for hydroxylation is 1. The molecular formula is C24H26N4O2S. The molecule has 0 aliphatic rings. The zero-order chi connectivity index (χ0) is 21.6. The highest BCUT2D eigenvalue weighted by molar-refractivity contribution is 7.15. The molecule has 1 N–H and O–H groups in total. The molecule has 0 saturated carbocycles. The number of fused-ring (bicyclic) bond motifs is 1. The summed E-state index contributed by atoms with van der Waals surface area (Å²) in [5.41, 5.74) is 3.85. The van der Waals surface area contributed by atoms with E-state index in [9.17, 15) is 4.79 Å². The summed E-state index contributed by atoms with van der Waals surface area (Å²) in [5.74, 6) is 1.42. The quantitative estimate of drug-likeness (QED) is 0.380. The topological polar surface area (TPSA) is 68.5 Å². The van der Waals surface area contributed by atoms with Crippen LogP contribution in [0.5, 0.6) is 5.75 Å². The number of carbonyl (C=O) groups excluding carboxylic acids is 1. The smallest absolute Gasteiger partial charge is 0.251 e. The van der Waals surface area contributed by atoms with Crippen molar-refractivity contribution in [3.8, 4) is 17.1 Å². The van der Waals surface area contributed by atoms with E-state index in [1.807, 2.05) is 34.2 Å². The largest absolute Gasteiger partial charge is 0.494 e. The number of nitrogens with one attached hydrogen (secondary N) is 1. The van der Waals surface area contributed by atoms with Gasteiger partial charge in [-0.1, -0.05) is 37.1 Å². The Morgan fingerprint density at radius 3 is 2.81 bits per heavy atom. The second-order valence-electron chi connectivity index (χ2n) is 7.46. The van der Waals surface area contributed by atoms with E-state index in [1.54, 1.807) is 23.5 Å². The predicted molar refractivity (Wildman–Crippen MR) is 124 cm³/mol. The van der Waals surface area contributed by atoms with E-state index in [2.05, 4.69) is 41.4 Å². The summed E-state index contributed by atoms with van der Waals surface area (Å²) in [7, 11) is 0. The van der Waals surface area contributed by atoms with Gasteiger partial charge in [0.25, 0.3) is 5.91 Å². The lowest BCUT2D eigenvalue weighted by Crippen LogP contribution is -2.26. The molecule has 0 saturated heterocycles. The minimum absolute atomic E-state index is 0.0920. The maximum atomic E-state index is 12.4. The predicted octanol–water partition coefficient (Wildman–Crippen LogP) is 4.92. The van der Waals surface area contributed by atoms with Crippen molar-refractivity contribution >= 4 is 22.2 Å². The summed E-state index contributed by atoms with van der Waals surface area (Å²) in [5, 5.41) is 9.70. The van der Waals surface area contributed by atoms with Gasteiger partial charge in [0.05, 0.1) is 12.3 Å². The summed E-state index contributed by atoms with van der Waals surface area (Å²) in [6.07, 6.45) is 2.80. The molecule has 0 radical (unpaired) electrons. The monoisotopic (exact) mass is 434 g/mol. The SMILES string of the molecule is CCCCOc1ccc(C(=O)NCCc2csc3nc(-c4cccc(C)c4)nn23)cc1. The third-order valence-electron chi connectivity index (χ3n) is 4.98. The molecule has 2 aromatic heterocycles. The average Bonchev–Trinajstić information content (AvgIpc) is 3.36. The molecule has 2 aromatic carbocycles. The molecule has 0 atom stereocenters. The summed E-state index contributed by atoms with van der Waals surface area (Å²) in [6.45, 7) is 5.41. The zero-order valence-electron chi connectivity index (χ0n) is 17.8. The summed E-state index contributed by atoms with van der Waals surface area (Å²) in [6, 6.07) is 15.5. The van der Waals surface area contributed by atoms with E-state index >= 15 is 0 Å². The van der Waals surface area contributed by atoms with E-state index in [1.165, 1.54) is 5.56 Å². The molecule has 0 fully saturated rings. The minimum atomic E-state index is -0.0920. The maximum absolute atomic E-state index is 12.4. The van der Waals surface area contributed by atoms with Gasteiger partial charge in [0.2, 0.25) is 4.96 Å². The number of thiazole rings is 1. The fourth-order valence-electron chi connectivity index (χ4n) is 3.25. The normalized spacial score (nSPS) is 11.0. The Morgan fingerprint density at radius 2 is 2.03 bits per heavy atom. The first-order valence-corrected chi connectivity index (χ1v) is 11.4. The van der Waals surface area contributed by atoms with Gasteiger partial charge in [-0.25, -0.2) is 4.52 Å². The van der Waals surface area contributed by atoms with Crippen LogP contribution in [0.3, 0.4) is 0 Å². The summed E-state index contributed by atoms with van der Waals surface area (Å²) < 4.78 is 7.52. The number of benzene rings is 2. The van der Waals surface area contributed by atoms with Crippen LogP contribution < -0.4 is 10.1 Å². The van der Waals surface area contributed by atoms with E-state index < -0.39 is 0 Å². The van der Waals surface area contributed by atoms with Gasteiger partial charge in [-0.15, -0.1) is 16.4 Å². The van der Waals surface area contributed by atoms with Crippen molar-refractivity contribution < 1.29 is 9.53 Å². The Hall–Kier alpha value is -3.19. The maximum Gasteiger partial charge on any atom is 0.251 e. The summed E-state index contributed by atoms with van der Waals surface area (Å²) >= 11 is 1.56. The Labute approximate surface area is 185 Å². The Kier molecular flexibility index (Phi) is 6.62. The Bertz CT molecular complexity index is 1160. The number of amides is 1. The van der Waals surface area contributed by atoms with Crippen molar-refractivity contribution in [3.05, 3.63) is 70.7 Å². The number of rotatable bonds is 9. The third-order valence-corrected chi connectivity index (χ3v) is 5.84. The van der Waals surface area contributed by atoms with Crippen LogP contribution in [0.2, 0.25) is 0 Å². The minimum Gasteiger partial charge on any atom is -0.494 e. The third kappa shape index (κ3) is 5.11. The van der Waals surface area contributed by atoms with Crippen LogP contribution in [0.1, 0.15) is 41.4 Å². The molecule has 0 bridgehead atoms. The van der Waals surface area contributed by atoms with Crippen molar-refractivity contribution in [3.63, 3.8) is 0 Å². The lowest BCUT2D eigenvalue weighted by molar-refractivity contribution is 0.0954. The average molecular weight is 435 g/mol. The molecule has 1 amide bonds.